The zero-order valence-electron chi connectivity index (χ0n) is 16.7. The summed E-state index contributed by atoms with van der Waals surface area (Å²) in [6, 6.07) is 24.3. The Morgan fingerprint density at radius 1 is 1.00 bits per heavy atom. The molecule has 0 fully saturated rings. The first kappa shape index (κ1) is 19.1. The molecule has 0 radical (unpaired) electrons. The van der Waals surface area contributed by atoms with E-state index < -0.39 is 0 Å². The van der Waals surface area contributed by atoms with E-state index >= 15 is 0 Å². The largest absolute Gasteiger partial charge is 0.492 e. The fourth-order valence-electron chi connectivity index (χ4n) is 3.62. The van der Waals surface area contributed by atoms with E-state index in [2.05, 4.69) is 34.5 Å². The molecule has 0 saturated heterocycles. The number of nitrogens with one attached hydrogen (secondary N) is 1. The van der Waals surface area contributed by atoms with E-state index in [4.69, 9.17) is 4.74 Å². The normalized spacial score (nSPS) is 12.5. The second kappa shape index (κ2) is 8.82. The number of hydrogen-bond acceptors (Lipinski definition) is 3. The van der Waals surface area contributed by atoms with Crippen LogP contribution in [0.3, 0.4) is 0 Å². The van der Waals surface area contributed by atoms with Crippen molar-refractivity contribution in [1.29, 1.82) is 0 Å². The first-order valence-electron chi connectivity index (χ1n) is 10.1. The number of aryl methyl sites for hydroxylation is 1. The molecule has 1 aliphatic heterocycles. The lowest BCUT2D eigenvalue weighted by molar-refractivity contribution is 0.0947. The Morgan fingerprint density at radius 3 is 2.55 bits per heavy atom. The number of hydrogen-bond donors (Lipinski definition) is 1. The van der Waals surface area contributed by atoms with Gasteiger partial charge in [-0.2, -0.15) is 0 Å². The molecule has 0 aromatic heterocycles. The van der Waals surface area contributed by atoms with E-state index in [0.717, 1.165) is 25.3 Å². The Labute approximate surface area is 172 Å². The average molecular weight is 386 g/mol. The Morgan fingerprint density at radius 2 is 1.76 bits per heavy atom. The lowest BCUT2D eigenvalue weighted by Crippen LogP contribution is -2.28. The van der Waals surface area contributed by atoms with Crippen molar-refractivity contribution in [3.05, 3.63) is 95.1 Å². The summed E-state index contributed by atoms with van der Waals surface area (Å²) in [5.74, 6) is 0.744. The molecule has 4 rings (SSSR count). The van der Waals surface area contributed by atoms with Gasteiger partial charge < -0.3 is 15.0 Å². The van der Waals surface area contributed by atoms with Gasteiger partial charge in [0.2, 0.25) is 0 Å². The van der Waals surface area contributed by atoms with Gasteiger partial charge in [0.15, 0.2) is 0 Å². The fourth-order valence-corrected chi connectivity index (χ4v) is 3.62. The monoisotopic (exact) mass is 386 g/mol. The van der Waals surface area contributed by atoms with Crippen LogP contribution in [-0.4, -0.2) is 25.6 Å². The molecule has 0 unspecified atom stereocenters. The summed E-state index contributed by atoms with van der Waals surface area (Å²) in [6.45, 7) is 4.87. The van der Waals surface area contributed by atoms with Gasteiger partial charge in [-0.25, -0.2) is 0 Å². The van der Waals surface area contributed by atoms with Crippen molar-refractivity contribution < 1.29 is 9.53 Å². The summed E-state index contributed by atoms with van der Waals surface area (Å²) in [4.78, 5) is 14.7. The van der Waals surface area contributed by atoms with E-state index in [-0.39, 0.29) is 5.91 Å². The maximum absolute atomic E-state index is 12.3. The van der Waals surface area contributed by atoms with Crippen LogP contribution < -0.4 is 15.0 Å². The van der Waals surface area contributed by atoms with Gasteiger partial charge in [0.05, 0.1) is 6.54 Å². The molecular weight excluding hydrogens is 360 g/mol. The summed E-state index contributed by atoms with van der Waals surface area (Å²) < 4.78 is 5.65. The number of rotatable bonds is 7. The highest BCUT2D eigenvalue weighted by molar-refractivity contribution is 5.94. The molecule has 0 aliphatic carbocycles. The molecule has 1 heterocycles. The number of anilines is 1. The van der Waals surface area contributed by atoms with Crippen LogP contribution in [0.25, 0.3) is 0 Å². The first-order chi connectivity index (χ1) is 14.2. The third kappa shape index (κ3) is 4.77. The smallest absolute Gasteiger partial charge is 0.251 e. The predicted octanol–water partition coefficient (Wildman–Crippen LogP) is 4.37. The Kier molecular flexibility index (Phi) is 5.80. The van der Waals surface area contributed by atoms with E-state index in [1.807, 2.05) is 55.5 Å². The molecule has 4 heteroatoms. The lowest BCUT2D eigenvalue weighted by Gasteiger charge is -2.19. The minimum Gasteiger partial charge on any atom is -0.492 e. The molecule has 1 aliphatic rings. The van der Waals surface area contributed by atoms with Gasteiger partial charge in [-0.3, -0.25) is 4.79 Å². The van der Waals surface area contributed by atoms with Crippen molar-refractivity contribution in [2.75, 3.05) is 24.6 Å². The van der Waals surface area contributed by atoms with Crippen LogP contribution in [-0.2, 0) is 13.0 Å². The summed E-state index contributed by atoms with van der Waals surface area (Å²) in [7, 11) is 0. The van der Waals surface area contributed by atoms with Gasteiger partial charge in [0, 0.05) is 24.3 Å². The van der Waals surface area contributed by atoms with E-state index in [9.17, 15) is 4.79 Å². The Balaban J connectivity index is 1.25. The number of nitrogens with zero attached hydrogens (tertiary/aromatic N) is 1. The molecule has 0 atom stereocenters. The Bertz CT molecular complexity index is 965. The fraction of sp³-hybridized carbons (Fsp3) is 0.240. The topological polar surface area (TPSA) is 41.6 Å². The van der Waals surface area contributed by atoms with Crippen LogP contribution in [0.1, 0.15) is 27.0 Å². The molecule has 4 nitrogen and oxygen atoms in total. The standard InChI is InChI=1S/C25H26N2O2/c1-19-6-12-23(13-7-19)29-17-15-26-25(28)22-10-8-20(9-11-22)18-27-16-14-21-4-2-3-5-24(21)27/h2-13H,14-18H2,1H3,(H,26,28). The van der Waals surface area contributed by atoms with Crippen LogP contribution in [0.2, 0.25) is 0 Å². The number of benzene rings is 3. The van der Waals surface area contributed by atoms with E-state index in [0.29, 0.717) is 18.7 Å². The zero-order valence-corrected chi connectivity index (χ0v) is 16.7. The van der Waals surface area contributed by atoms with Crippen molar-refractivity contribution in [2.45, 2.75) is 19.9 Å². The summed E-state index contributed by atoms with van der Waals surface area (Å²) in [5, 5.41) is 2.91. The SMILES string of the molecule is Cc1ccc(OCCNC(=O)c2ccc(CN3CCc4ccccc43)cc2)cc1. The van der Waals surface area contributed by atoms with Crippen LogP contribution in [0.5, 0.6) is 5.75 Å². The number of carbonyl (C=O) groups is 1. The van der Waals surface area contributed by atoms with Crippen molar-refractivity contribution >= 4 is 11.6 Å². The van der Waals surface area contributed by atoms with Gasteiger partial charge >= 0.3 is 0 Å². The summed E-state index contributed by atoms with van der Waals surface area (Å²) in [6.07, 6.45) is 1.10. The molecule has 0 bridgehead atoms. The van der Waals surface area contributed by atoms with Gasteiger partial charge in [0.25, 0.3) is 5.91 Å². The highest BCUT2D eigenvalue weighted by Crippen LogP contribution is 2.28. The number of para-hydroxylation sites is 1. The van der Waals surface area contributed by atoms with Crippen molar-refractivity contribution in [1.82, 2.24) is 5.32 Å². The summed E-state index contributed by atoms with van der Waals surface area (Å²) in [5.41, 5.74) is 5.81. The van der Waals surface area contributed by atoms with E-state index in [1.165, 1.54) is 22.4 Å². The molecule has 1 amide bonds. The third-order valence-corrected chi connectivity index (χ3v) is 5.25. The zero-order chi connectivity index (χ0) is 20.1. The van der Waals surface area contributed by atoms with Gasteiger partial charge in [-0.05, 0) is 54.8 Å². The van der Waals surface area contributed by atoms with Gasteiger partial charge in [-0.1, -0.05) is 48.0 Å². The molecule has 148 valence electrons. The molecule has 29 heavy (non-hydrogen) atoms. The molecule has 3 aromatic carbocycles. The number of ether oxygens (including phenoxy) is 1. The van der Waals surface area contributed by atoms with Crippen molar-refractivity contribution in [2.24, 2.45) is 0 Å². The predicted molar refractivity (Wildman–Crippen MR) is 117 cm³/mol. The summed E-state index contributed by atoms with van der Waals surface area (Å²) >= 11 is 0. The third-order valence-electron chi connectivity index (χ3n) is 5.25. The minimum absolute atomic E-state index is 0.0735. The van der Waals surface area contributed by atoms with Crippen molar-refractivity contribution in [3.8, 4) is 5.75 Å². The quantitative estimate of drug-likeness (QED) is 0.613. The number of amides is 1. The van der Waals surface area contributed by atoms with Crippen molar-refractivity contribution in [3.63, 3.8) is 0 Å². The number of fused-ring (bicyclic) bond motifs is 1. The first-order valence-corrected chi connectivity index (χ1v) is 10.1. The highest BCUT2D eigenvalue weighted by atomic mass is 16.5. The second-order valence-corrected chi connectivity index (χ2v) is 7.41. The highest BCUT2D eigenvalue weighted by Gasteiger charge is 2.18. The lowest BCUT2D eigenvalue weighted by atomic mass is 10.1. The molecule has 1 N–H and O–H groups in total. The van der Waals surface area contributed by atoms with Crippen LogP contribution in [0.15, 0.2) is 72.8 Å². The van der Waals surface area contributed by atoms with Crippen LogP contribution >= 0.6 is 0 Å². The molecule has 0 spiro atoms. The van der Waals surface area contributed by atoms with E-state index in [1.54, 1.807) is 0 Å². The minimum atomic E-state index is -0.0735. The molecular formula is C25H26N2O2. The van der Waals surface area contributed by atoms with Crippen LogP contribution in [0, 0.1) is 6.92 Å². The second-order valence-electron chi connectivity index (χ2n) is 7.41. The molecule has 0 saturated carbocycles. The van der Waals surface area contributed by atoms with Crippen LogP contribution in [0.4, 0.5) is 5.69 Å². The number of carbonyl (C=O) groups excluding carboxylic acids is 1. The maximum Gasteiger partial charge on any atom is 0.251 e. The van der Waals surface area contributed by atoms with Gasteiger partial charge in [0.1, 0.15) is 12.4 Å². The average Bonchev–Trinajstić information content (AvgIpc) is 3.16. The molecule has 3 aromatic rings. The Hall–Kier alpha value is -3.27. The van der Waals surface area contributed by atoms with Gasteiger partial charge in [-0.15, -0.1) is 0 Å². The maximum atomic E-state index is 12.3.